The highest BCUT2D eigenvalue weighted by molar-refractivity contribution is 7.98. The summed E-state index contributed by atoms with van der Waals surface area (Å²) < 4.78 is 5.76. The number of nitrogens with zero attached hydrogens (tertiary/aromatic N) is 1. The molecule has 2 aromatic rings. The van der Waals surface area contributed by atoms with Crippen LogP contribution in [-0.4, -0.2) is 54.2 Å². The van der Waals surface area contributed by atoms with Gasteiger partial charge in [0.05, 0.1) is 5.60 Å². The molecule has 1 atom stereocenters. The number of aliphatic hydroxyl groups is 1. The molecule has 126 valence electrons. The third kappa shape index (κ3) is 4.50. The Kier molecular flexibility index (Phi) is 5.73. The van der Waals surface area contributed by atoms with Gasteiger partial charge in [0.25, 0.3) is 5.91 Å². The Bertz CT molecular complexity index is 680. The quantitative estimate of drug-likeness (QED) is 0.812. The zero-order valence-electron chi connectivity index (χ0n) is 14.0. The Morgan fingerprint density at radius 2 is 2.09 bits per heavy atom. The number of furan rings is 1. The van der Waals surface area contributed by atoms with Gasteiger partial charge in [-0.2, -0.15) is 11.8 Å². The lowest BCUT2D eigenvalue weighted by atomic mass is 10.1. The van der Waals surface area contributed by atoms with Crippen molar-refractivity contribution in [3.63, 3.8) is 0 Å². The van der Waals surface area contributed by atoms with Crippen LogP contribution in [0.5, 0.6) is 0 Å². The van der Waals surface area contributed by atoms with E-state index in [0.717, 1.165) is 10.9 Å². The fourth-order valence-corrected chi connectivity index (χ4v) is 3.19. The van der Waals surface area contributed by atoms with Crippen LogP contribution in [0.1, 0.15) is 23.0 Å². The van der Waals surface area contributed by atoms with Crippen molar-refractivity contribution in [2.45, 2.75) is 19.1 Å². The molecule has 0 aliphatic carbocycles. The number of carbonyl (C=O) groups is 1. The number of fused-ring (bicyclic) bond motifs is 1. The molecule has 5 nitrogen and oxygen atoms in total. The van der Waals surface area contributed by atoms with Crippen molar-refractivity contribution in [2.24, 2.45) is 0 Å². The molecule has 0 saturated carbocycles. The predicted molar refractivity (Wildman–Crippen MR) is 94.9 cm³/mol. The molecule has 0 spiro atoms. The molecule has 0 aliphatic heterocycles. The Morgan fingerprint density at radius 3 is 2.74 bits per heavy atom. The largest absolute Gasteiger partial charge is 0.451 e. The van der Waals surface area contributed by atoms with E-state index in [-0.39, 0.29) is 12.5 Å². The summed E-state index contributed by atoms with van der Waals surface area (Å²) in [5.74, 6) is 0.581. The summed E-state index contributed by atoms with van der Waals surface area (Å²) in [4.78, 5) is 14.5. The molecule has 2 rings (SSSR count). The number of para-hydroxylation sites is 1. The second kappa shape index (κ2) is 7.38. The van der Waals surface area contributed by atoms with Crippen LogP contribution < -0.4 is 5.32 Å². The van der Waals surface area contributed by atoms with Crippen LogP contribution >= 0.6 is 11.8 Å². The molecule has 0 bridgehead atoms. The zero-order chi connectivity index (χ0) is 17.0. The van der Waals surface area contributed by atoms with E-state index in [4.69, 9.17) is 4.42 Å². The minimum atomic E-state index is -0.942. The van der Waals surface area contributed by atoms with Gasteiger partial charge in [-0.15, -0.1) is 0 Å². The Morgan fingerprint density at radius 1 is 1.39 bits per heavy atom. The van der Waals surface area contributed by atoms with E-state index < -0.39 is 5.60 Å². The van der Waals surface area contributed by atoms with Gasteiger partial charge in [-0.05, 0) is 33.3 Å². The topological polar surface area (TPSA) is 65.7 Å². The average Bonchev–Trinajstić information content (AvgIpc) is 2.83. The molecular formula is C17H24N2O3S. The molecule has 0 saturated heterocycles. The van der Waals surface area contributed by atoms with Crippen LogP contribution in [0.2, 0.25) is 0 Å². The van der Waals surface area contributed by atoms with Crippen LogP contribution in [0.25, 0.3) is 11.0 Å². The first-order chi connectivity index (χ1) is 10.8. The van der Waals surface area contributed by atoms with Gasteiger partial charge < -0.3 is 19.7 Å². The Labute approximate surface area is 141 Å². The maximum atomic E-state index is 12.5. The van der Waals surface area contributed by atoms with Gasteiger partial charge in [-0.1, -0.05) is 18.2 Å². The molecule has 1 aromatic heterocycles. The van der Waals surface area contributed by atoms with E-state index in [0.29, 0.717) is 23.6 Å². The van der Waals surface area contributed by atoms with E-state index in [2.05, 4.69) is 5.32 Å². The van der Waals surface area contributed by atoms with E-state index in [1.807, 2.05) is 49.5 Å². The van der Waals surface area contributed by atoms with Gasteiger partial charge in [0.15, 0.2) is 5.76 Å². The fraction of sp³-hybridized carbons (Fsp3) is 0.471. The number of nitrogens with one attached hydrogen (secondary N) is 1. The monoisotopic (exact) mass is 336 g/mol. The van der Waals surface area contributed by atoms with Gasteiger partial charge in [-0.25, -0.2) is 0 Å². The summed E-state index contributed by atoms with van der Waals surface area (Å²) >= 11 is 1.54. The molecule has 6 heteroatoms. The number of rotatable bonds is 7. The molecule has 2 N–H and O–H groups in total. The van der Waals surface area contributed by atoms with Gasteiger partial charge in [0, 0.05) is 29.8 Å². The van der Waals surface area contributed by atoms with Crippen molar-refractivity contribution in [3.8, 4) is 0 Å². The van der Waals surface area contributed by atoms with Gasteiger partial charge in [0.1, 0.15) is 5.58 Å². The van der Waals surface area contributed by atoms with E-state index in [9.17, 15) is 9.90 Å². The summed E-state index contributed by atoms with van der Waals surface area (Å²) in [5, 5.41) is 13.9. The summed E-state index contributed by atoms with van der Waals surface area (Å²) in [6, 6.07) is 7.63. The van der Waals surface area contributed by atoms with Crippen molar-refractivity contribution < 1.29 is 14.3 Å². The number of benzene rings is 1. The molecule has 23 heavy (non-hydrogen) atoms. The van der Waals surface area contributed by atoms with Crippen LogP contribution in [0.15, 0.2) is 28.7 Å². The van der Waals surface area contributed by atoms with E-state index in [1.54, 1.807) is 18.7 Å². The summed E-state index contributed by atoms with van der Waals surface area (Å²) in [6.07, 6.45) is 1.92. The zero-order valence-corrected chi connectivity index (χ0v) is 14.9. The van der Waals surface area contributed by atoms with Crippen molar-refractivity contribution in [3.05, 3.63) is 35.6 Å². The average molecular weight is 336 g/mol. The van der Waals surface area contributed by atoms with E-state index in [1.165, 1.54) is 0 Å². The molecule has 1 aromatic carbocycles. The number of amides is 1. The maximum absolute atomic E-state index is 12.5. The smallest absolute Gasteiger partial charge is 0.287 e. The molecule has 0 fully saturated rings. The SMILES string of the molecule is CSC[C@](C)(O)CNC(=O)c1oc2ccccc2c1CN(C)C. The van der Waals surface area contributed by atoms with Crippen molar-refractivity contribution >= 4 is 28.6 Å². The Balaban J connectivity index is 2.25. The molecule has 0 radical (unpaired) electrons. The first-order valence-electron chi connectivity index (χ1n) is 7.49. The minimum absolute atomic E-state index is 0.186. The summed E-state index contributed by atoms with van der Waals surface area (Å²) in [7, 11) is 3.90. The van der Waals surface area contributed by atoms with Crippen molar-refractivity contribution in [1.29, 1.82) is 0 Å². The van der Waals surface area contributed by atoms with Crippen molar-refractivity contribution in [1.82, 2.24) is 10.2 Å². The lowest BCUT2D eigenvalue weighted by Gasteiger charge is -2.22. The highest BCUT2D eigenvalue weighted by atomic mass is 32.2. The predicted octanol–water partition coefficient (Wildman–Crippen LogP) is 2.34. The molecule has 0 aliphatic rings. The normalized spacial score (nSPS) is 14.2. The number of hydrogen-bond acceptors (Lipinski definition) is 5. The van der Waals surface area contributed by atoms with E-state index >= 15 is 0 Å². The first-order valence-corrected chi connectivity index (χ1v) is 8.88. The van der Waals surface area contributed by atoms with Crippen LogP contribution in [0.4, 0.5) is 0 Å². The molecular weight excluding hydrogens is 312 g/mol. The van der Waals surface area contributed by atoms with Crippen LogP contribution in [0, 0.1) is 0 Å². The van der Waals surface area contributed by atoms with Gasteiger partial charge >= 0.3 is 0 Å². The molecule has 1 amide bonds. The highest BCUT2D eigenvalue weighted by Crippen LogP contribution is 2.26. The number of thioether (sulfide) groups is 1. The molecule has 1 heterocycles. The van der Waals surface area contributed by atoms with Crippen LogP contribution in [-0.2, 0) is 6.54 Å². The molecule has 0 unspecified atom stereocenters. The van der Waals surface area contributed by atoms with Gasteiger partial charge in [-0.3, -0.25) is 4.79 Å². The third-order valence-corrected chi connectivity index (χ3v) is 4.37. The highest BCUT2D eigenvalue weighted by Gasteiger charge is 2.24. The third-order valence-electron chi connectivity index (χ3n) is 3.46. The second-order valence-corrected chi connectivity index (χ2v) is 7.12. The standard InChI is InChI=1S/C17H24N2O3S/c1-17(21,11-23-4)10-18-16(20)15-13(9-19(2)3)12-7-5-6-8-14(12)22-15/h5-8,21H,9-11H2,1-4H3,(H,18,20)/t17-/m1/s1. The van der Waals surface area contributed by atoms with Crippen molar-refractivity contribution in [2.75, 3.05) is 32.6 Å². The maximum Gasteiger partial charge on any atom is 0.287 e. The minimum Gasteiger partial charge on any atom is -0.451 e. The van der Waals surface area contributed by atoms with Gasteiger partial charge in [0.2, 0.25) is 0 Å². The second-order valence-electron chi connectivity index (χ2n) is 6.26. The van der Waals surface area contributed by atoms with Crippen LogP contribution in [0.3, 0.4) is 0 Å². The number of carbonyl (C=O) groups excluding carboxylic acids is 1. The fourth-order valence-electron chi connectivity index (χ4n) is 2.47. The Hall–Kier alpha value is -1.50. The summed E-state index contributed by atoms with van der Waals surface area (Å²) in [5.41, 5.74) is 0.626. The lowest BCUT2D eigenvalue weighted by molar-refractivity contribution is 0.0710. The first kappa shape index (κ1) is 17.8. The summed E-state index contributed by atoms with van der Waals surface area (Å²) in [6.45, 7) is 2.51. The lowest BCUT2D eigenvalue weighted by Crippen LogP contribution is -2.42. The number of hydrogen-bond donors (Lipinski definition) is 2.